The number of hydrogen-bond donors (Lipinski definition) is 1. The molecule has 0 saturated heterocycles. The number of anilines is 1. The maximum absolute atomic E-state index is 11.4. The number of aromatic nitrogens is 2. The Morgan fingerprint density at radius 1 is 1.69 bits per heavy atom. The van der Waals surface area contributed by atoms with Gasteiger partial charge in [-0.2, -0.15) is 16.9 Å². The molecule has 0 bridgehead atoms. The fourth-order valence-corrected chi connectivity index (χ4v) is 1.27. The fraction of sp³-hybridized carbons (Fsp3) is 0.500. The molecule has 4 nitrogen and oxygen atoms in total. The summed E-state index contributed by atoms with van der Waals surface area (Å²) >= 11 is 1.70. The lowest BCUT2D eigenvalue weighted by atomic mass is 10.5. The van der Waals surface area contributed by atoms with Crippen molar-refractivity contribution in [3.63, 3.8) is 0 Å². The number of rotatable bonds is 4. The van der Waals surface area contributed by atoms with Gasteiger partial charge in [-0.3, -0.25) is 4.79 Å². The minimum absolute atomic E-state index is 0.0547. The summed E-state index contributed by atoms with van der Waals surface area (Å²) in [4.78, 5) is 11.4. The van der Waals surface area contributed by atoms with Crippen molar-refractivity contribution >= 4 is 17.4 Å². The normalized spacial score (nSPS) is 10.0. The summed E-state index contributed by atoms with van der Waals surface area (Å²) in [5.74, 6) is 0.909. The Hall–Kier alpha value is -0.970. The Labute approximate surface area is 81.3 Å². The average molecular weight is 199 g/mol. The minimum Gasteiger partial charge on any atom is -0.387 e. The lowest BCUT2D eigenvalue weighted by Gasteiger charge is -2.03. The van der Waals surface area contributed by atoms with Gasteiger partial charge in [0.25, 0.3) is 5.56 Å². The standard InChI is InChI=1S/C8H13N3OS/c1-9-7-5-8(12)11(10-6-7)3-4-13-2/h5-6,9H,3-4H2,1-2H3. The van der Waals surface area contributed by atoms with Gasteiger partial charge in [0.1, 0.15) is 0 Å². The van der Waals surface area contributed by atoms with Crippen LogP contribution < -0.4 is 10.9 Å². The molecule has 0 fully saturated rings. The van der Waals surface area contributed by atoms with Gasteiger partial charge in [-0.1, -0.05) is 0 Å². The van der Waals surface area contributed by atoms with Gasteiger partial charge >= 0.3 is 0 Å². The molecule has 1 N–H and O–H groups in total. The van der Waals surface area contributed by atoms with Crippen LogP contribution in [0.25, 0.3) is 0 Å². The van der Waals surface area contributed by atoms with Crippen molar-refractivity contribution < 1.29 is 0 Å². The molecule has 0 unspecified atom stereocenters. The molecule has 0 aliphatic rings. The van der Waals surface area contributed by atoms with E-state index >= 15 is 0 Å². The zero-order valence-corrected chi connectivity index (χ0v) is 8.60. The predicted molar refractivity (Wildman–Crippen MR) is 56.4 cm³/mol. The van der Waals surface area contributed by atoms with Gasteiger partial charge in [0, 0.05) is 18.9 Å². The molecule has 0 amide bonds. The first-order valence-corrected chi connectivity index (χ1v) is 5.41. The number of nitrogens with one attached hydrogen (secondary N) is 1. The van der Waals surface area contributed by atoms with E-state index in [9.17, 15) is 4.79 Å². The lowest BCUT2D eigenvalue weighted by molar-refractivity contribution is 0.622. The van der Waals surface area contributed by atoms with Gasteiger partial charge in [0.05, 0.1) is 18.4 Å². The Morgan fingerprint density at radius 3 is 3.00 bits per heavy atom. The molecule has 72 valence electrons. The number of hydrogen-bond acceptors (Lipinski definition) is 4. The highest BCUT2D eigenvalue weighted by Crippen LogP contribution is 1.97. The third kappa shape index (κ3) is 2.77. The molecule has 0 radical (unpaired) electrons. The van der Waals surface area contributed by atoms with E-state index < -0.39 is 0 Å². The van der Waals surface area contributed by atoms with Crippen LogP contribution in [0.4, 0.5) is 5.69 Å². The van der Waals surface area contributed by atoms with E-state index in [4.69, 9.17) is 0 Å². The van der Waals surface area contributed by atoms with E-state index in [1.54, 1.807) is 31.1 Å². The molecule has 0 aliphatic carbocycles. The Kier molecular flexibility index (Phi) is 3.82. The van der Waals surface area contributed by atoms with Crippen LogP contribution in [0.5, 0.6) is 0 Å². The zero-order chi connectivity index (χ0) is 9.68. The second-order valence-electron chi connectivity index (χ2n) is 2.55. The molecule has 5 heteroatoms. The van der Waals surface area contributed by atoms with Gasteiger partial charge in [0.2, 0.25) is 0 Å². The number of aryl methyl sites for hydroxylation is 1. The van der Waals surface area contributed by atoms with Crippen LogP contribution in [0.15, 0.2) is 17.1 Å². The van der Waals surface area contributed by atoms with E-state index in [1.807, 2.05) is 6.26 Å². The van der Waals surface area contributed by atoms with Crippen LogP contribution in [-0.2, 0) is 6.54 Å². The highest BCUT2D eigenvalue weighted by molar-refractivity contribution is 7.98. The molecular weight excluding hydrogens is 186 g/mol. The molecule has 0 aromatic carbocycles. The Morgan fingerprint density at radius 2 is 2.46 bits per heavy atom. The van der Waals surface area contributed by atoms with Gasteiger partial charge < -0.3 is 5.32 Å². The maximum Gasteiger partial charge on any atom is 0.268 e. The summed E-state index contributed by atoms with van der Waals surface area (Å²) in [7, 11) is 1.77. The van der Waals surface area contributed by atoms with Crippen molar-refractivity contribution in [3.05, 3.63) is 22.6 Å². The van der Waals surface area contributed by atoms with E-state index in [-0.39, 0.29) is 5.56 Å². The predicted octanol–water partition coefficient (Wildman–Crippen LogP) is 0.648. The van der Waals surface area contributed by atoms with Crippen LogP contribution in [0, 0.1) is 0 Å². The van der Waals surface area contributed by atoms with Crippen LogP contribution >= 0.6 is 11.8 Å². The average Bonchev–Trinajstić information content (AvgIpc) is 2.16. The first-order chi connectivity index (χ1) is 6.27. The quantitative estimate of drug-likeness (QED) is 0.773. The van der Waals surface area contributed by atoms with Crippen LogP contribution in [0.1, 0.15) is 0 Å². The molecule has 0 spiro atoms. The number of nitrogens with zero attached hydrogens (tertiary/aromatic N) is 2. The van der Waals surface area contributed by atoms with Crippen molar-refractivity contribution in [1.29, 1.82) is 0 Å². The highest BCUT2D eigenvalue weighted by atomic mass is 32.2. The van der Waals surface area contributed by atoms with Crippen molar-refractivity contribution in [1.82, 2.24) is 9.78 Å². The monoisotopic (exact) mass is 199 g/mol. The van der Waals surface area contributed by atoms with Crippen molar-refractivity contribution in [2.75, 3.05) is 24.4 Å². The summed E-state index contributed by atoms with van der Waals surface area (Å²) < 4.78 is 1.47. The fourth-order valence-electron chi connectivity index (χ4n) is 0.916. The molecule has 1 aromatic heterocycles. The lowest BCUT2D eigenvalue weighted by Crippen LogP contribution is -2.23. The van der Waals surface area contributed by atoms with Gasteiger partial charge in [-0.25, -0.2) is 4.68 Å². The number of thioether (sulfide) groups is 1. The summed E-state index contributed by atoms with van der Waals surface area (Å²) in [6, 6.07) is 1.55. The third-order valence-electron chi connectivity index (χ3n) is 1.67. The van der Waals surface area contributed by atoms with Crippen molar-refractivity contribution in [2.24, 2.45) is 0 Å². The third-order valence-corrected chi connectivity index (χ3v) is 2.26. The summed E-state index contributed by atoms with van der Waals surface area (Å²) in [6.45, 7) is 0.671. The zero-order valence-electron chi connectivity index (χ0n) is 7.78. The van der Waals surface area contributed by atoms with E-state index in [0.29, 0.717) is 6.54 Å². The van der Waals surface area contributed by atoms with Crippen LogP contribution in [-0.4, -0.2) is 28.8 Å². The smallest absolute Gasteiger partial charge is 0.268 e. The molecular formula is C8H13N3OS. The first-order valence-electron chi connectivity index (χ1n) is 4.02. The van der Waals surface area contributed by atoms with Gasteiger partial charge in [0.15, 0.2) is 0 Å². The largest absolute Gasteiger partial charge is 0.387 e. The SMILES string of the molecule is CNc1cnn(CCSC)c(=O)c1. The van der Waals surface area contributed by atoms with Crippen LogP contribution in [0.3, 0.4) is 0 Å². The minimum atomic E-state index is -0.0547. The topological polar surface area (TPSA) is 46.9 Å². The molecule has 0 aliphatic heterocycles. The summed E-state index contributed by atoms with van der Waals surface area (Å²) in [5, 5.41) is 6.88. The van der Waals surface area contributed by atoms with E-state index in [0.717, 1.165) is 11.4 Å². The van der Waals surface area contributed by atoms with Crippen LogP contribution in [0.2, 0.25) is 0 Å². The summed E-state index contributed by atoms with van der Waals surface area (Å²) in [5.41, 5.74) is 0.700. The molecule has 1 rings (SSSR count). The van der Waals surface area contributed by atoms with Crippen molar-refractivity contribution in [2.45, 2.75) is 6.54 Å². The first kappa shape index (κ1) is 10.1. The van der Waals surface area contributed by atoms with Gasteiger partial charge in [-0.15, -0.1) is 0 Å². The molecule has 0 saturated carbocycles. The Bertz CT molecular complexity index is 323. The maximum atomic E-state index is 11.4. The highest BCUT2D eigenvalue weighted by Gasteiger charge is 1.97. The molecule has 0 atom stereocenters. The van der Waals surface area contributed by atoms with E-state index in [1.165, 1.54) is 4.68 Å². The van der Waals surface area contributed by atoms with Gasteiger partial charge in [-0.05, 0) is 6.26 Å². The molecule has 1 aromatic rings. The second-order valence-corrected chi connectivity index (χ2v) is 3.53. The molecule has 13 heavy (non-hydrogen) atoms. The van der Waals surface area contributed by atoms with E-state index in [2.05, 4.69) is 10.4 Å². The Balaban J connectivity index is 2.80. The molecule has 1 heterocycles. The second kappa shape index (κ2) is 4.91. The summed E-state index contributed by atoms with van der Waals surface area (Å²) in [6.07, 6.45) is 3.66. The van der Waals surface area contributed by atoms with Crippen molar-refractivity contribution in [3.8, 4) is 0 Å².